The first-order valence-corrected chi connectivity index (χ1v) is 8.51. The maximum atomic E-state index is 14.6. The standard InChI is InChI=1S/C17H18FN5O2/c1-10-7-21(8-10)14-4-11-5-15-16(9-22-3-2-19-20-22)25-17(24)23(15)13(11)6-12(14)18/h2-4,6,10,15-16H,5,7-9H2,1H3/t15-,16-/m0/s1. The van der Waals surface area contributed by atoms with Crippen LogP contribution in [0.25, 0.3) is 0 Å². The van der Waals surface area contributed by atoms with Crippen LogP contribution < -0.4 is 9.80 Å². The Kier molecular flexibility index (Phi) is 3.04. The smallest absolute Gasteiger partial charge is 0.415 e. The van der Waals surface area contributed by atoms with Crippen LogP contribution in [-0.2, 0) is 17.7 Å². The van der Waals surface area contributed by atoms with Crippen molar-refractivity contribution in [2.75, 3.05) is 22.9 Å². The van der Waals surface area contributed by atoms with Crippen molar-refractivity contribution in [1.82, 2.24) is 15.0 Å². The molecular formula is C17H18FN5O2. The number of anilines is 2. The number of ether oxygens (including phenoxy) is 1. The number of halogens is 1. The molecule has 0 unspecified atom stereocenters. The Morgan fingerprint density at radius 1 is 1.32 bits per heavy atom. The van der Waals surface area contributed by atoms with Crippen LogP contribution in [-0.4, -0.2) is 46.3 Å². The number of hydrogen-bond donors (Lipinski definition) is 0. The summed E-state index contributed by atoms with van der Waals surface area (Å²) in [5.74, 6) is 0.316. The molecule has 0 saturated carbocycles. The van der Waals surface area contributed by atoms with Crippen LogP contribution in [0.1, 0.15) is 12.5 Å². The molecule has 25 heavy (non-hydrogen) atoms. The summed E-state index contributed by atoms with van der Waals surface area (Å²) in [5, 5.41) is 7.71. The Bertz CT molecular complexity index is 834. The normalized spacial score (nSPS) is 25.0. The predicted molar refractivity (Wildman–Crippen MR) is 88.0 cm³/mol. The quantitative estimate of drug-likeness (QED) is 0.851. The van der Waals surface area contributed by atoms with Crippen molar-refractivity contribution in [3.05, 3.63) is 35.9 Å². The van der Waals surface area contributed by atoms with Gasteiger partial charge in [0, 0.05) is 25.4 Å². The maximum Gasteiger partial charge on any atom is 0.415 e. The third-order valence-electron chi connectivity index (χ3n) is 5.29. The van der Waals surface area contributed by atoms with Crippen LogP contribution >= 0.6 is 0 Å². The van der Waals surface area contributed by atoms with Crippen LogP contribution in [0.15, 0.2) is 24.5 Å². The van der Waals surface area contributed by atoms with Gasteiger partial charge in [0.15, 0.2) is 0 Å². The lowest BCUT2D eigenvalue weighted by Gasteiger charge is -2.39. The highest BCUT2D eigenvalue weighted by atomic mass is 19.1. The van der Waals surface area contributed by atoms with Crippen LogP contribution in [0, 0.1) is 11.7 Å². The Balaban J connectivity index is 1.44. The van der Waals surface area contributed by atoms with Gasteiger partial charge in [-0.25, -0.2) is 13.9 Å². The van der Waals surface area contributed by atoms with Crippen molar-refractivity contribution in [2.45, 2.75) is 32.0 Å². The van der Waals surface area contributed by atoms with Crippen molar-refractivity contribution >= 4 is 17.5 Å². The second kappa shape index (κ2) is 5.18. The Labute approximate surface area is 144 Å². The number of benzene rings is 1. The zero-order valence-electron chi connectivity index (χ0n) is 13.8. The van der Waals surface area contributed by atoms with Crippen LogP contribution in [0.5, 0.6) is 0 Å². The Morgan fingerprint density at radius 3 is 2.88 bits per heavy atom. The van der Waals surface area contributed by atoms with Crippen LogP contribution in [0.4, 0.5) is 20.6 Å². The fourth-order valence-electron chi connectivity index (χ4n) is 4.09. The number of cyclic esters (lactones) is 1. The van der Waals surface area contributed by atoms with E-state index in [2.05, 4.69) is 22.1 Å². The molecule has 0 radical (unpaired) electrons. The first-order chi connectivity index (χ1) is 12.1. The molecule has 0 N–H and O–H groups in total. The van der Waals surface area contributed by atoms with E-state index in [4.69, 9.17) is 4.74 Å². The second-order valence-corrected chi connectivity index (χ2v) is 7.13. The fraction of sp³-hybridized carbons (Fsp3) is 0.471. The first kappa shape index (κ1) is 14.7. The minimum absolute atomic E-state index is 0.128. The van der Waals surface area contributed by atoms with E-state index in [0.717, 1.165) is 18.7 Å². The summed E-state index contributed by atoms with van der Waals surface area (Å²) >= 11 is 0. The number of carbonyl (C=O) groups excluding carboxylic acids is 1. The molecule has 2 saturated heterocycles. The molecule has 4 heterocycles. The van der Waals surface area contributed by atoms with Gasteiger partial charge >= 0.3 is 6.09 Å². The van der Waals surface area contributed by atoms with E-state index >= 15 is 0 Å². The summed E-state index contributed by atoms with van der Waals surface area (Å²) < 4.78 is 21.7. The number of fused-ring (bicyclic) bond motifs is 3. The number of hydrogen-bond acceptors (Lipinski definition) is 5. The SMILES string of the molecule is CC1CN(c2cc3c(cc2F)N2C(=O)O[C@@H](Cn4ccnn4)[C@@H]2C3)C1. The summed E-state index contributed by atoms with van der Waals surface area (Å²) in [6.45, 7) is 4.35. The highest BCUT2D eigenvalue weighted by Gasteiger charge is 2.48. The lowest BCUT2D eigenvalue weighted by atomic mass is 9.99. The minimum Gasteiger partial charge on any atom is -0.442 e. The van der Waals surface area contributed by atoms with E-state index in [1.54, 1.807) is 22.0 Å². The molecule has 2 atom stereocenters. The molecule has 1 amide bonds. The predicted octanol–water partition coefficient (Wildman–Crippen LogP) is 1.82. The molecule has 3 aliphatic rings. The monoisotopic (exact) mass is 343 g/mol. The largest absolute Gasteiger partial charge is 0.442 e. The summed E-state index contributed by atoms with van der Waals surface area (Å²) in [7, 11) is 0. The molecule has 2 fully saturated rings. The summed E-state index contributed by atoms with van der Waals surface area (Å²) in [6, 6.07) is 3.25. The van der Waals surface area contributed by atoms with E-state index in [0.29, 0.717) is 30.3 Å². The molecule has 1 aromatic heterocycles. The van der Waals surface area contributed by atoms with Crippen LogP contribution in [0.2, 0.25) is 0 Å². The number of carbonyl (C=O) groups is 1. The molecule has 7 nitrogen and oxygen atoms in total. The lowest BCUT2D eigenvalue weighted by molar-refractivity contribution is 0.117. The number of nitrogens with zero attached hydrogens (tertiary/aromatic N) is 5. The zero-order valence-corrected chi connectivity index (χ0v) is 13.8. The molecule has 0 spiro atoms. The van der Waals surface area contributed by atoms with Crippen molar-refractivity contribution in [2.24, 2.45) is 5.92 Å². The fourth-order valence-corrected chi connectivity index (χ4v) is 4.09. The number of rotatable bonds is 3. The summed E-state index contributed by atoms with van der Waals surface area (Å²) in [6.07, 6.45) is 3.25. The van der Waals surface area contributed by atoms with Gasteiger partial charge in [-0.2, -0.15) is 0 Å². The van der Waals surface area contributed by atoms with Gasteiger partial charge in [-0.05, 0) is 24.0 Å². The van der Waals surface area contributed by atoms with Crippen molar-refractivity contribution < 1.29 is 13.9 Å². The summed E-state index contributed by atoms with van der Waals surface area (Å²) in [5.41, 5.74) is 2.27. The second-order valence-electron chi connectivity index (χ2n) is 7.13. The topological polar surface area (TPSA) is 63.5 Å². The van der Waals surface area contributed by atoms with E-state index in [-0.39, 0.29) is 18.0 Å². The van der Waals surface area contributed by atoms with Gasteiger partial charge in [-0.15, -0.1) is 5.10 Å². The molecule has 1 aromatic carbocycles. The van der Waals surface area contributed by atoms with Gasteiger partial charge in [0.1, 0.15) is 11.9 Å². The van der Waals surface area contributed by atoms with E-state index < -0.39 is 6.09 Å². The Morgan fingerprint density at radius 2 is 2.16 bits per heavy atom. The molecule has 8 heteroatoms. The van der Waals surface area contributed by atoms with Gasteiger partial charge in [0.05, 0.1) is 30.2 Å². The van der Waals surface area contributed by atoms with Gasteiger partial charge in [0.25, 0.3) is 0 Å². The van der Waals surface area contributed by atoms with Crippen molar-refractivity contribution in [3.63, 3.8) is 0 Å². The third-order valence-corrected chi connectivity index (χ3v) is 5.29. The van der Waals surface area contributed by atoms with Crippen molar-refractivity contribution in [1.29, 1.82) is 0 Å². The first-order valence-electron chi connectivity index (χ1n) is 8.51. The molecule has 5 rings (SSSR count). The van der Waals surface area contributed by atoms with Gasteiger partial charge in [0.2, 0.25) is 0 Å². The molecule has 2 aromatic rings. The molecule has 0 aliphatic carbocycles. The molecule has 0 bridgehead atoms. The highest BCUT2D eigenvalue weighted by molar-refractivity contribution is 5.94. The van der Waals surface area contributed by atoms with Crippen molar-refractivity contribution in [3.8, 4) is 0 Å². The Hall–Kier alpha value is -2.64. The van der Waals surface area contributed by atoms with E-state index in [9.17, 15) is 9.18 Å². The summed E-state index contributed by atoms with van der Waals surface area (Å²) in [4.78, 5) is 16.0. The molecule has 3 aliphatic heterocycles. The molecule has 130 valence electrons. The number of aromatic nitrogens is 3. The maximum absolute atomic E-state index is 14.6. The average molecular weight is 343 g/mol. The van der Waals surface area contributed by atoms with E-state index in [1.165, 1.54) is 6.07 Å². The van der Waals surface area contributed by atoms with Gasteiger partial charge in [-0.1, -0.05) is 12.1 Å². The molecular weight excluding hydrogens is 325 g/mol. The van der Waals surface area contributed by atoms with E-state index in [1.807, 2.05) is 6.07 Å². The third kappa shape index (κ3) is 2.20. The average Bonchev–Trinajstić information content (AvgIpc) is 3.23. The lowest BCUT2D eigenvalue weighted by Crippen LogP contribution is -2.45. The van der Waals surface area contributed by atoms with Crippen LogP contribution in [0.3, 0.4) is 0 Å². The highest BCUT2D eigenvalue weighted by Crippen LogP contribution is 2.42. The number of amides is 1. The van der Waals surface area contributed by atoms with Gasteiger partial charge < -0.3 is 9.64 Å². The zero-order chi connectivity index (χ0) is 17.1. The minimum atomic E-state index is -0.418. The van der Waals surface area contributed by atoms with Gasteiger partial charge in [-0.3, -0.25) is 4.90 Å².